The van der Waals surface area contributed by atoms with Gasteiger partial charge in [0, 0.05) is 13.1 Å². The van der Waals surface area contributed by atoms with Crippen molar-refractivity contribution in [1.29, 1.82) is 0 Å². The molecule has 0 spiro atoms. The average Bonchev–Trinajstić information content (AvgIpc) is 3.02. The molecule has 1 unspecified atom stereocenters. The first-order valence-electron chi connectivity index (χ1n) is 7.33. The molecule has 1 N–H and O–H groups in total. The van der Waals surface area contributed by atoms with Crippen LogP contribution in [0.4, 0.5) is 0 Å². The van der Waals surface area contributed by atoms with Crippen molar-refractivity contribution in [2.75, 3.05) is 11.5 Å². The van der Waals surface area contributed by atoms with Gasteiger partial charge in [-0.05, 0) is 38.2 Å². The van der Waals surface area contributed by atoms with Gasteiger partial charge in [0.2, 0.25) is 5.91 Å². The zero-order valence-corrected chi connectivity index (χ0v) is 13.5. The van der Waals surface area contributed by atoms with Gasteiger partial charge in [-0.25, -0.2) is 4.68 Å². The molecule has 1 fully saturated rings. The highest BCUT2D eigenvalue weighted by molar-refractivity contribution is 7.99. The van der Waals surface area contributed by atoms with E-state index in [1.54, 1.807) is 15.6 Å². The van der Waals surface area contributed by atoms with Crippen LogP contribution in [-0.4, -0.2) is 43.0 Å². The number of carbonyl (C=O) groups excluding carboxylic acids is 1. The summed E-state index contributed by atoms with van der Waals surface area (Å²) in [6.07, 6.45) is 3.89. The van der Waals surface area contributed by atoms with Gasteiger partial charge in [0.15, 0.2) is 0 Å². The van der Waals surface area contributed by atoms with E-state index in [0.29, 0.717) is 6.04 Å². The topological polar surface area (TPSA) is 64.7 Å². The average molecular weight is 307 g/mol. The lowest BCUT2D eigenvalue weighted by atomic mass is 10.1. The second-order valence-electron chi connectivity index (χ2n) is 5.60. The number of amides is 1. The summed E-state index contributed by atoms with van der Waals surface area (Å²) >= 11 is 1.96. The molecule has 1 aliphatic rings. The molecule has 0 bridgehead atoms. The maximum Gasteiger partial charge on any atom is 0.244 e. The van der Waals surface area contributed by atoms with E-state index in [-0.39, 0.29) is 11.9 Å². The van der Waals surface area contributed by atoms with E-state index >= 15 is 0 Å². The lowest BCUT2D eigenvalue weighted by Crippen LogP contribution is -2.41. The van der Waals surface area contributed by atoms with Crippen molar-refractivity contribution >= 4 is 28.7 Å². The number of aromatic nitrogens is 4. The molecule has 0 aromatic carbocycles. The first kappa shape index (κ1) is 14.4. The predicted molar refractivity (Wildman–Crippen MR) is 84.4 cm³/mol. The molecule has 2 aromatic heterocycles. The van der Waals surface area contributed by atoms with E-state index in [4.69, 9.17) is 0 Å². The maximum atomic E-state index is 12.5. The van der Waals surface area contributed by atoms with Gasteiger partial charge in [0.1, 0.15) is 17.1 Å². The smallest absolute Gasteiger partial charge is 0.244 e. The highest BCUT2D eigenvalue weighted by atomic mass is 32.2. The van der Waals surface area contributed by atoms with Crippen molar-refractivity contribution in [2.45, 2.75) is 38.8 Å². The molecule has 6 nitrogen and oxygen atoms in total. The number of aryl methyl sites for hydroxylation is 2. The Balaban J connectivity index is 1.79. The summed E-state index contributed by atoms with van der Waals surface area (Å²) in [4.78, 5) is 12.5. The minimum absolute atomic E-state index is 0.0418. The third kappa shape index (κ3) is 2.66. The Kier molecular flexibility index (Phi) is 3.93. The summed E-state index contributed by atoms with van der Waals surface area (Å²) in [5, 5.41) is 11.9. The fourth-order valence-electron chi connectivity index (χ4n) is 2.84. The molecule has 1 atom stereocenters. The van der Waals surface area contributed by atoms with Crippen molar-refractivity contribution in [1.82, 2.24) is 24.9 Å². The first-order valence-corrected chi connectivity index (χ1v) is 8.48. The van der Waals surface area contributed by atoms with Gasteiger partial charge in [-0.3, -0.25) is 9.48 Å². The van der Waals surface area contributed by atoms with Crippen molar-refractivity contribution in [3.63, 3.8) is 0 Å². The Bertz CT molecular complexity index is 656. The Labute approximate surface area is 128 Å². The van der Waals surface area contributed by atoms with Crippen molar-refractivity contribution < 1.29 is 4.79 Å². The monoisotopic (exact) mass is 307 g/mol. The van der Waals surface area contributed by atoms with Crippen LogP contribution in [0.1, 0.15) is 31.5 Å². The molecule has 0 radical (unpaired) electrons. The maximum absolute atomic E-state index is 12.5. The van der Waals surface area contributed by atoms with Gasteiger partial charge in [0.25, 0.3) is 0 Å². The molecule has 1 amide bonds. The second-order valence-corrected chi connectivity index (χ2v) is 6.83. The zero-order valence-electron chi connectivity index (χ0n) is 12.7. The van der Waals surface area contributed by atoms with Crippen LogP contribution in [0.3, 0.4) is 0 Å². The van der Waals surface area contributed by atoms with Crippen LogP contribution in [0.2, 0.25) is 0 Å². The van der Waals surface area contributed by atoms with Crippen LogP contribution in [0, 0.1) is 6.92 Å². The summed E-state index contributed by atoms with van der Waals surface area (Å²) in [5.74, 6) is 2.31. The summed E-state index contributed by atoms with van der Waals surface area (Å²) in [6.45, 7) is 3.84. The highest BCUT2D eigenvalue weighted by Crippen LogP contribution is 2.22. The van der Waals surface area contributed by atoms with E-state index in [2.05, 4.69) is 15.5 Å². The quantitative estimate of drug-likeness (QED) is 0.936. The summed E-state index contributed by atoms with van der Waals surface area (Å²) < 4.78 is 3.59. The minimum Gasteiger partial charge on any atom is -0.351 e. The molecular formula is C14H21N5OS. The van der Waals surface area contributed by atoms with Gasteiger partial charge < -0.3 is 5.32 Å². The molecule has 114 valence electrons. The summed E-state index contributed by atoms with van der Waals surface area (Å²) in [7, 11) is 1.89. The largest absolute Gasteiger partial charge is 0.351 e. The first-order chi connectivity index (χ1) is 10.1. The number of fused-ring (bicyclic) bond motifs is 1. The molecule has 1 saturated heterocycles. The van der Waals surface area contributed by atoms with Gasteiger partial charge in [0.05, 0.1) is 11.9 Å². The Morgan fingerprint density at radius 1 is 1.48 bits per heavy atom. The van der Waals surface area contributed by atoms with Crippen LogP contribution in [0.5, 0.6) is 0 Å². The number of hydrogen-bond donors (Lipinski definition) is 1. The van der Waals surface area contributed by atoms with E-state index in [1.165, 1.54) is 0 Å². The Morgan fingerprint density at radius 2 is 2.19 bits per heavy atom. The number of rotatable bonds is 3. The number of nitrogens with zero attached hydrogens (tertiary/aromatic N) is 4. The molecule has 0 aliphatic carbocycles. The fraction of sp³-hybridized carbons (Fsp3) is 0.643. The minimum atomic E-state index is -0.319. The third-order valence-electron chi connectivity index (χ3n) is 4.08. The number of carbonyl (C=O) groups is 1. The van der Waals surface area contributed by atoms with Crippen molar-refractivity contribution in [3.8, 4) is 0 Å². The van der Waals surface area contributed by atoms with Crippen LogP contribution in [-0.2, 0) is 11.8 Å². The molecule has 0 saturated carbocycles. The number of thioether (sulfide) groups is 1. The molecular weight excluding hydrogens is 286 g/mol. The predicted octanol–water partition coefficient (Wildman–Crippen LogP) is 1.65. The SMILES string of the molecule is Cc1nn(C)c2cnn(C(C)C(=O)NC3CCSCC3)c12. The van der Waals surface area contributed by atoms with E-state index in [0.717, 1.165) is 41.1 Å². The normalized spacial score (nSPS) is 18.0. The lowest BCUT2D eigenvalue weighted by Gasteiger charge is -2.24. The zero-order chi connectivity index (χ0) is 15.0. The van der Waals surface area contributed by atoms with E-state index < -0.39 is 0 Å². The van der Waals surface area contributed by atoms with Gasteiger partial charge in [-0.15, -0.1) is 0 Å². The van der Waals surface area contributed by atoms with E-state index in [1.807, 2.05) is 32.7 Å². The highest BCUT2D eigenvalue weighted by Gasteiger charge is 2.24. The standard InChI is InChI=1S/C14H21N5OS/c1-9-13-12(18(3)17-9)8-15-19(13)10(2)14(20)16-11-4-6-21-7-5-11/h8,10-11H,4-7H2,1-3H3,(H,16,20). The van der Waals surface area contributed by atoms with Gasteiger partial charge in [-0.1, -0.05) is 0 Å². The molecule has 3 rings (SSSR count). The third-order valence-corrected chi connectivity index (χ3v) is 5.13. The van der Waals surface area contributed by atoms with E-state index in [9.17, 15) is 4.79 Å². The number of hydrogen-bond acceptors (Lipinski definition) is 4. The molecule has 7 heteroatoms. The van der Waals surface area contributed by atoms with Crippen molar-refractivity contribution in [3.05, 3.63) is 11.9 Å². The Morgan fingerprint density at radius 3 is 2.90 bits per heavy atom. The Hall–Kier alpha value is -1.50. The van der Waals surface area contributed by atoms with Crippen molar-refractivity contribution in [2.24, 2.45) is 7.05 Å². The van der Waals surface area contributed by atoms with Crippen LogP contribution in [0.25, 0.3) is 11.0 Å². The summed E-state index contributed by atoms with van der Waals surface area (Å²) in [5.41, 5.74) is 2.80. The molecule has 3 heterocycles. The number of nitrogens with one attached hydrogen (secondary N) is 1. The van der Waals surface area contributed by atoms with Gasteiger partial charge >= 0.3 is 0 Å². The molecule has 2 aromatic rings. The lowest BCUT2D eigenvalue weighted by molar-refractivity contribution is -0.124. The van der Waals surface area contributed by atoms with Crippen LogP contribution in [0.15, 0.2) is 6.20 Å². The fourth-order valence-corrected chi connectivity index (χ4v) is 3.94. The molecule has 21 heavy (non-hydrogen) atoms. The second kappa shape index (κ2) is 5.71. The van der Waals surface area contributed by atoms with Crippen LogP contribution >= 0.6 is 11.8 Å². The van der Waals surface area contributed by atoms with Gasteiger partial charge in [-0.2, -0.15) is 22.0 Å². The summed E-state index contributed by atoms with van der Waals surface area (Å²) in [6, 6.07) is -0.0118. The van der Waals surface area contributed by atoms with Crippen LogP contribution < -0.4 is 5.32 Å². The molecule has 1 aliphatic heterocycles.